The molecular formula is C25H34N4O5S. The van der Waals surface area contributed by atoms with Crippen molar-refractivity contribution in [3.8, 4) is 11.1 Å². The highest BCUT2D eigenvalue weighted by Crippen LogP contribution is 2.28. The number of benzene rings is 1. The second-order valence-electron chi connectivity index (χ2n) is 10.6. The van der Waals surface area contributed by atoms with Gasteiger partial charge in [0, 0.05) is 29.4 Å². The minimum absolute atomic E-state index is 0.146. The Bertz CT molecular complexity index is 1180. The van der Waals surface area contributed by atoms with Crippen LogP contribution in [-0.2, 0) is 19.6 Å². The first-order chi connectivity index (χ1) is 16.2. The summed E-state index contributed by atoms with van der Waals surface area (Å²) in [7, 11) is -3.76. The molecule has 9 nitrogen and oxygen atoms in total. The van der Waals surface area contributed by atoms with Crippen LogP contribution in [0.15, 0.2) is 47.5 Å². The minimum atomic E-state index is -3.76. The maximum Gasteiger partial charge on any atom is 0.410 e. The van der Waals surface area contributed by atoms with Crippen LogP contribution >= 0.6 is 0 Å². The van der Waals surface area contributed by atoms with Gasteiger partial charge in [0.15, 0.2) is 0 Å². The molecule has 1 fully saturated rings. The molecule has 1 unspecified atom stereocenters. The van der Waals surface area contributed by atoms with Crippen molar-refractivity contribution >= 4 is 27.8 Å². The lowest BCUT2D eigenvalue weighted by atomic mass is 10.1. The molecule has 0 bridgehead atoms. The topological polar surface area (TPSA) is 118 Å². The molecule has 1 atom stereocenters. The average Bonchev–Trinajstić information content (AvgIpc) is 3.22. The number of nitrogens with zero attached hydrogens (tertiary/aromatic N) is 2. The molecule has 10 heteroatoms. The molecule has 2 heterocycles. The number of likely N-dealkylation sites (tertiary alicyclic amines) is 1. The van der Waals surface area contributed by atoms with Crippen LogP contribution in [0.2, 0.25) is 0 Å². The van der Waals surface area contributed by atoms with E-state index in [1.165, 1.54) is 11.1 Å². The third-order valence-corrected chi connectivity index (χ3v) is 6.94. The van der Waals surface area contributed by atoms with E-state index in [-0.39, 0.29) is 10.8 Å². The fourth-order valence-corrected chi connectivity index (χ4v) is 5.46. The summed E-state index contributed by atoms with van der Waals surface area (Å²) in [4.78, 5) is 31.3. The number of ether oxygens (including phenoxy) is 1. The predicted octanol–water partition coefficient (Wildman–Crippen LogP) is 4.16. The second kappa shape index (κ2) is 9.94. The smallest absolute Gasteiger partial charge is 0.410 e. The van der Waals surface area contributed by atoms with Crippen molar-refractivity contribution in [1.82, 2.24) is 14.6 Å². The molecule has 2 aromatic rings. The molecule has 2 amide bonds. The Morgan fingerprint density at radius 1 is 1.06 bits per heavy atom. The first kappa shape index (κ1) is 26.6. The first-order valence-electron chi connectivity index (χ1n) is 11.6. The summed E-state index contributed by atoms with van der Waals surface area (Å²) >= 11 is 0. The number of carbonyl (C=O) groups excluding carboxylic acids is 2. The van der Waals surface area contributed by atoms with Crippen LogP contribution in [0.4, 0.5) is 10.6 Å². The highest BCUT2D eigenvalue weighted by Gasteiger charge is 2.36. The fraction of sp³-hybridized carbons (Fsp3) is 0.480. The molecule has 1 aliphatic heterocycles. The number of carbonyl (C=O) groups is 2. The summed E-state index contributed by atoms with van der Waals surface area (Å²) in [6.45, 7) is 11.1. The quantitative estimate of drug-likeness (QED) is 0.634. The van der Waals surface area contributed by atoms with Gasteiger partial charge in [0.2, 0.25) is 15.9 Å². The maximum atomic E-state index is 12.9. The molecule has 3 rings (SSSR count). The van der Waals surface area contributed by atoms with Crippen molar-refractivity contribution in [2.45, 2.75) is 76.5 Å². The molecular weight excluding hydrogens is 468 g/mol. The van der Waals surface area contributed by atoms with Gasteiger partial charge in [-0.25, -0.2) is 22.9 Å². The van der Waals surface area contributed by atoms with E-state index in [1.54, 1.807) is 77.9 Å². The first-order valence-corrected chi connectivity index (χ1v) is 13.0. The van der Waals surface area contributed by atoms with Crippen molar-refractivity contribution < 1.29 is 22.7 Å². The molecule has 35 heavy (non-hydrogen) atoms. The third-order valence-electron chi connectivity index (χ3n) is 5.13. The van der Waals surface area contributed by atoms with Crippen molar-refractivity contribution in [2.75, 3.05) is 11.9 Å². The number of amides is 2. The summed E-state index contributed by atoms with van der Waals surface area (Å²) in [5.74, 6) is -0.0334. The number of sulfonamides is 1. The van der Waals surface area contributed by atoms with Crippen molar-refractivity contribution in [3.05, 3.63) is 42.6 Å². The number of rotatable bonds is 5. The molecule has 1 aromatic heterocycles. The standard InChI is InChI=1S/C25H34N4O5S/c1-24(2,3)28-35(32,33)20-12-8-7-10-18(20)17-13-14-21(26-16-17)27-22(30)19-11-9-15-29(19)23(31)34-25(4,5)6/h7-8,10,12-14,16,19,28H,9,11,15H2,1-6H3,(H,26,27,30). The van der Waals surface area contributed by atoms with Gasteiger partial charge in [-0.05, 0) is 72.6 Å². The second-order valence-corrected chi connectivity index (χ2v) is 12.3. The van der Waals surface area contributed by atoms with E-state index in [0.29, 0.717) is 36.3 Å². The maximum absolute atomic E-state index is 12.9. The van der Waals surface area contributed by atoms with Crippen LogP contribution in [-0.4, -0.2) is 54.0 Å². The van der Waals surface area contributed by atoms with Gasteiger partial charge in [-0.2, -0.15) is 0 Å². The Hall–Kier alpha value is -2.98. The lowest BCUT2D eigenvalue weighted by Crippen LogP contribution is -2.45. The van der Waals surface area contributed by atoms with E-state index in [4.69, 9.17) is 4.74 Å². The lowest BCUT2D eigenvalue weighted by Gasteiger charge is -2.27. The number of anilines is 1. The van der Waals surface area contributed by atoms with Crippen LogP contribution in [0.25, 0.3) is 11.1 Å². The Labute approximate surface area is 207 Å². The summed E-state index contributed by atoms with van der Waals surface area (Å²) in [6, 6.07) is 9.36. The monoisotopic (exact) mass is 502 g/mol. The molecule has 1 aliphatic rings. The van der Waals surface area contributed by atoms with Crippen LogP contribution in [0.3, 0.4) is 0 Å². The highest BCUT2D eigenvalue weighted by atomic mass is 32.2. The molecule has 1 aromatic carbocycles. The molecule has 190 valence electrons. The van der Waals surface area contributed by atoms with Crippen molar-refractivity contribution in [1.29, 1.82) is 0 Å². The van der Waals surface area contributed by atoms with E-state index in [2.05, 4.69) is 15.0 Å². The molecule has 0 spiro atoms. The largest absolute Gasteiger partial charge is 0.444 e. The predicted molar refractivity (Wildman–Crippen MR) is 134 cm³/mol. The van der Waals surface area contributed by atoms with Crippen LogP contribution in [0.1, 0.15) is 54.4 Å². The van der Waals surface area contributed by atoms with Gasteiger partial charge in [-0.15, -0.1) is 0 Å². The molecule has 0 saturated carbocycles. The zero-order valence-corrected chi connectivity index (χ0v) is 21.9. The van der Waals surface area contributed by atoms with Gasteiger partial charge in [0.25, 0.3) is 0 Å². The van der Waals surface area contributed by atoms with Gasteiger partial charge in [-0.3, -0.25) is 9.69 Å². The van der Waals surface area contributed by atoms with Crippen LogP contribution < -0.4 is 10.0 Å². The number of pyridine rings is 1. The normalized spacial score (nSPS) is 16.7. The van der Waals surface area contributed by atoms with Crippen molar-refractivity contribution in [3.63, 3.8) is 0 Å². The zero-order valence-electron chi connectivity index (χ0n) is 21.1. The van der Waals surface area contributed by atoms with E-state index >= 15 is 0 Å². The Balaban J connectivity index is 1.76. The van der Waals surface area contributed by atoms with Crippen molar-refractivity contribution in [2.24, 2.45) is 0 Å². The molecule has 2 N–H and O–H groups in total. The Morgan fingerprint density at radius 3 is 2.34 bits per heavy atom. The van der Waals surface area contributed by atoms with Gasteiger partial charge in [0.1, 0.15) is 17.5 Å². The molecule has 0 radical (unpaired) electrons. The summed E-state index contributed by atoms with van der Waals surface area (Å²) in [5, 5.41) is 2.76. The lowest BCUT2D eigenvalue weighted by molar-refractivity contribution is -0.120. The SMILES string of the molecule is CC(C)(C)NS(=O)(=O)c1ccccc1-c1ccc(NC(=O)C2CCCN2C(=O)OC(C)(C)C)nc1. The summed E-state index contributed by atoms with van der Waals surface area (Å²) < 4.78 is 34.0. The van der Waals surface area contributed by atoms with Gasteiger partial charge in [0.05, 0.1) is 4.90 Å². The van der Waals surface area contributed by atoms with E-state index in [9.17, 15) is 18.0 Å². The Morgan fingerprint density at radius 2 is 1.74 bits per heavy atom. The van der Waals surface area contributed by atoms with Crippen LogP contribution in [0.5, 0.6) is 0 Å². The average molecular weight is 503 g/mol. The summed E-state index contributed by atoms with van der Waals surface area (Å²) in [5.41, 5.74) is -0.189. The van der Waals surface area contributed by atoms with E-state index < -0.39 is 33.3 Å². The van der Waals surface area contributed by atoms with Gasteiger partial charge >= 0.3 is 6.09 Å². The van der Waals surface area contributed by atoms with Gasteiger partial charge < -0.3 is 10.1 Å². The van der Waals surface area contributed by atoms with E-state index in [0.717, 1.165) is 0 Å². The Kier molecular flexibility index (Phi) is 7.56. The number of hydrogen-bond acceptors (Lipinski definition) is 6. The minimum Gasteiger partial charge on any atom is -0.444 e. The number of aromatic nitrogens is 1. The number of nitrogens with one attached hydrogen (secondary N) is 2. The number of hydrogen-bond donors (Lipinski definition) is 2. The van der Waals surface area contributed by atoms with Crippen LogP contribution in [0, 0.1) is 0 Å². The molecule has 1 saturated heterocycles. The highest BCUT2D eigenvalue weighted by molar-refractivity contribution is 7.89. The van der Waals surface area contributed by atoms with Gasteiger partial charge in [-0.1, -0.05) is 18.2 Å². The fourth-order valence-electron chi connectivity index (χ4n) is 3.81. The summed E-state index contributed by atoms with van der Waals surface area (Å²) in [6.07, 6.45) is 2.24. The van der Waals surface area contributed by atoms with E-state index in [1.807, 2.05) is 0 Å². The molecule has 0 aliphatic carbocycles. The third kappa shape index (κ3) is 7.02. The zero-order chi connectivity index (χ0) is 26.0.